The molecule has 0 amide bonds. The van der Waals surface area contributed by atoms with Crippen LogP contribution in [0.3, 0.4) is 0 Å². The van der Waals surface area contributed by atoms with Gasteiger partial charge in [0, 0.05) is 25.2 Å². The third kappa shape index (κ3) is 4.12. The maximum atomic E-state index is 5.56. The maximum Gasteiger partial charge on any atom is 0.118 e. The molecule has 0 aliphatic carbocycles. The lowest BCUT2D eigenvalue weighted by molar-refractivity contribution is 0.239. The third-order valence-corrected chi connectivity index (χ3v) is 3.51. The van der Waals surface area contributed by atoms with Crippen LogP contribution in [0, 0.1) is 0 Å². The zero-order chi connectivity index (χ0) is 12.8. The highest BCUT2D eigenvalue weighted by Gasteiger charge is 2.12. The first kappa shape index (κ1) is 13.6. The minimum atomic E-state index is 0.876. The van der Waals surface area contributed by atoms with Crippen LogP contribution in [0.25, 0.3) is 0 Å². The Morgan fingerprint density at radius 2 is 2.17 bits per heavy atom. The molecule has 18 heavy (non-hydrogen) atoms. The fraction of sp³-hybridized carbons (Fsp3) is 0.714. The van der Waals surface area contributed by atoms with Crippen molar-refractivity contribution in [2.75, 3.05) is 40.3 Å². The summed E-state index contributed by atoms with van der Waals surface area (Å²) in [4.78, 5) is 4.88. The molecule has 4 nitrogen and oxygen atoms in total. The number of nitrogens with one attached hydrogen (secondary N) is 1. The summed E-state index contributed by atoms with van der Waals surface area (Å²) in [6.45, 7) is 6.63. The van der Waals surface area contributed by atoms with Gasteiger partial charge in [-0.25, -0.2) is 0 Å². The number of rotatable bonds is 7. The van der Waals surface area contributed by atoms with Crippen LogP contribution in [0.5, 0.6) is 0 Å². The van der Waals surface area contributed by atoms with Gasteiger partial charge in [-0.1, -0.05) is 0 Å². The van der Waals surface area contributed by atoms with Crippen molar-refractivity contribution in [1.82, 2.24) is 15.1 Å². The topological polar surface area (TPSA) is 31.7 Å². The van der Waals surface area contributed by atoms with Gasteiger partial charge >= 0.3 is 0 Å². The lowest BCUT2D eigenvalue weighted by Gasteiger charge is -2.20. The second kappa shape index (κ2) is 6.92. The van der Waals surface area contributed by atoms with Gasteiger partial charge in [-0.05, 0) is 46.1 Å². The van der Waals surface area contributed by atoms with Gasteiger partial charge in [0.2, 0.25) is 0 Å². The quantitative estimate of drug-likeness (QED) is 0.796. The largest absolute Gasteiger partial charge is 0.468 e. The van der Waals surface area contributed by atoms with Gasteiger partial charge in [0.15, 0.2) is 0 Å². The molecule has 0 spiro atoms. The smallest absolute Gasteiger partial charge is 0.118 e. The van der Waals surface area contributed by atoms with E-state index in [1.54, 1.807) is 0 Å². The predicted octanol–water partition coefficient (Wildman–Crippen LogP) is 1.53. The predicted molar refractivity (Wildman–Crippen MR) is 73.5 cm³/mol. The van der Waals surface area contributed by atoms with E-state index in [0.29, 0.717) is 0 Å². The molecule has 1 aromatic heterocycles. The summed E-state index contributed by atoms with van der Waals surface area (Å²) in [5, 5.41) is 3.13. The maximum absolute atomic E-state index is 5.56. The molecule has 0 aromatic carbocycles. The van der Waals surface area contributed by atoms with Crippen molar-refractivity contribution in [3.63, 3.8) is 0 Å². The highest BCUT2D eigenvalue weighted by molar-refractivity contribution is 5.12. The minimum absolute atomic E-state index is 0.876. The molecule has 0 radical (unpaired) electrons. The van der Waals surface area contributed by atoms with Crippen molar-refractivity contribution in [2.24, 2.45) is 0 Å². The molecule has 1 aliphatic rings. The number of hydrogen-bond acceptors (Lipinski definition) is 4. The van der Waals surface area contributed by atoms with Gasteiger partial charge in [-0.2, -0.15) is 0 Å². The van der Waals surface area contributed by atoms with Crippen molar-refractivity contribution < 1.29 is 4.42 Å². The molecule has 2 rings (SSSR count). The SMILES string of the molecule is CNCc1coc(CN(C)CCN2CCCC2)c1. The highest BCUT2D eigenvalue weighted by Crippen LogP contribution is 2.11. The van der Waals surface area contributed by atoms with Crippen molar-refractivity contribution in [3.05, 3.63) is 23.7 Å². The van der Waals surface area contributed by atoms with Gasteiger partial charge in [0.05, 0.1) is 12.8 Å². The van der Waals surface area contributed by atoms with E-state index in [9.17, 15) is 0 Å². The Kier molecular flexibility index (Phi) is 5.23. The summed E-state index contributed by atoms with van der Waals surface area (Å²) in [5.74, 6) is 1.06. The molecule has 102 valence electrons. The van der Waals surface area contributed by atoms with Crippen LogP contribution < -0.4 is 5.32 Å². The van der Waals surface area contributed by atoms with Gasteiger partial charge in [-0.15, -0.1) is 0 Å². The Bertz CT molecular complexity index is 345. The fourth-order valence-corrected chi connectivity index (χ4v) is 2.47. The van der Waals surface area contributed by atoms with Gasteiger partial charge in [0.1, 0.15) is 5.76 Å². The van der Waals surface area contributed by atoms with E-state index in [-0.39, 0.29) is 0 Å². The Morgan fingerprint density at radius 3 is 2.89 bits per heavy atom. The lowest BCUT2D eigenvalue weighted by atomic mass is 10.3. The molecule has 0 bridgehead atoms. The average Bonchev–Trinajstić information content (AvgIpc) is 2.99. The second-order valence-electron chi connectivity index (χ2n) is 5.24. The van der Waals surface area contributed by atoms with E-state index in [1.165, 1.54) is 38.0 Å². The van der Waals surface area contributed by atoms with Crippen LogP contribution in [0.2, 0.25) is 0 Å². The number of likely N-dealkylation sites (N-methyl/N-ethyl adjacent to an activating group) is 1. The van der Waals surface area contributed by atoms with Crippen LogP contribution in [0.4, 0.5) is 0 Å². The van der Waals surface area contributed by atoms with Gasteiger partial charge < -0.3 is 14.6 Å². The molecule has 1 aliphatic heterocycles. The van der Waals surface area contributed by atoms with Crippen molar-refractivity contribution >= 4 is 0 Å². The fourth-order valence-electron chi connectivity index (χ4n) is 2.47. The number of hydrogen-bond donors (Lipinski definition) is 1. The van der Waals surface area contributed by atoms with Crippen LogP contribution >= 0.6 is 0 Å². The summed E-state index contributed by atoms with van der Waals surface area (Å²) in [6.07, 6.45) is 4.59. The van der Waals surface area contributed by atoms with E-state index in [0.717, 1.165) is 25.4 Å². The molecule has 1 saturated heterocycles. The molecule has 4 heteroatoms. The van der Waals surface area contributed by atoms with E-state index < -0.39 is 0 Å². The van der Waals surface area contributed by atoms with Crippen LogP contribution in [-0.4, -0.2) is 50.1 Å². The van der Waals surface area contributed by atoms with Gasteiger partial charge in [-0.3, -0.25) is 4.90 Å². The number of nitrogens with zero attached hydrogens (tertiary/aromatic N) is 2. The van der Waals surface area contributed by atoms with Crippen molar-refractivity contribution in [3.8, 4) is 0 Å². The molecule has 0 unspecified atom stereocenters. The zero-order valence-electron chi connectivity index (χ0n) is 11.6. The summed E-state index contributed by atoms with van der Waals surface area (Å²) < 4.78 is 5.56. The summed E-state index contributed by atoms with van der Waals surface area (Å²) >= 11 is 0. The molecule has 1 fully saturated rings. The van der Waals surface area contributed by atoms with Crippen molar-refractivity contribution in [2.45, 2.75) is 25.9 Å². The standard InChI is InChI=1S/C14H25N3O/c1-15-10-13-9-14(18-12-13)11-16(2)7-8-17-5-3-4-6-17/h9,12,15H,3-8,10-11H2,1-2H3. The average molecular weight is 251 g/mol. The number of furan rings is 1. The van der Waals surface area contributed by atoms with Gasteiger partial charge in [0.25, 0.3) is 0 Å². The van der Waals surface area contributed by atoms with E-state index >= 15 is 0 Å². The van der Waals surface area contributed by atoms with E-state index in [2.05, 4.69) is 28.2 Å². The monoisotopic (exact) mass is 251 g/mol. The normalized spacial score (nSPS) is 16.8. The Morgan fingerprint density at radius 1 is 1.39 bits per heavy atom. The first-order valence-electron chi connectivity index (χ1n) is 6.89. The highest BCUT2D eigenvalue weighted by atomic mass is 16.3. The summed E-state index contributed by atoms with van der Waals surface area (Å²) in [7, 11) is 4.12. The van der Waals surface area contributed by atoms with E-state index in [1.807, 2.05) is 13.3 Å². The third-order valence-electron chi connectivity index (χ3n) is 3.51. The zero-order valence-corrected chi connectivity index (χ0v) is 11.6. The van der Waals surface area contributed by atoms with E-state index in [4.69, 9.17) is 4.42 Å². The van der Waals surface area contributed by atoms with Crippen LogP contribution in [-0.2, 0) is 13.1 Å². The van der Waals surface area contributed by atoms with Crippen molar-refractivity contribution in [1.29, 1.82) is 0 Å². The van der Waals surface area contributed by atoms with Crippen LogP contribution in [0.15, 0.2) is 16.7 Å². The Balaban J connectivity index is 1.70. The first-order valence-corrected chi connectivity index (χ1v) is 6.89. The Hall–Kier alpha value is -0.840. The summed E-state index contributed by atoms with van der Waals surface area (Å²) in [6, 6.07) is 2.14. The minimum Gasteiger partial charge on any atom is -0.468 e. The second-order valence-corrected chi connectivity index (χ2v) is 5.24. The molecular weight excluding hydrogens is 226 g/mol. The molecule has 1 aromatic rings. The lowest BCUT2D eigenvalue weighted by Crippen LogP contribution is -2.31. The molecule has 0 atom stereocenters. The molecule has 1 N–H and O–H groups in total. The van der Waals surface area contributed by atoms with Crippen LogP contribution in [0.1, 0.15) is 24.2 Å². The molecular formula is C14H25N3O. The molecule has 0 saturated carbocycles. The summed E-state index contributed by atoms with van der Waals surface area (Å²) in [5.41, 5.74) is 1.22. The molecule has 2 heterocycles. The first-order chi connectivity index (χ1) is 8.78. The number of likely N-dealkylation sites (tertiary alicyclic amines) is 1. The Labute approximate surface area is 110 Å².